The summed E-state index contributed by atoms with van der Waals surface area (Å²) in [6.45, 7) is 4.47. The maximum atomic E-state index is 12.6. The van der Waals surface area contributed by atoms with Gasteiger partial charge in [-0.05, 0) is 54.6 Å². The summed E-state index contributed by atoms with van der Waals surface area (Å²) in [6, 6.07) is 16.3. The SMILES string of the molecule is COC(=O)c1ccc(OCCOCCOCCOCCOc2ccc3c(c2)Sc2cc(N(C)C)ccc2N3C(C)=O)cc1C(=O)OC. The Hall–Kier alpha value is -4.30. The average Bonchev–Trinajstić information content (AvgIpc) is 3.07. The van der Waals surface area contributed by atoms with E-state index in [1.807, 2.05) is 49.3 Å². The van der Waals surface area contributed by atoms with Gasteiger partial charge in [-0.3, -0.25) is 9.69 Å². The molecule has 47 heavy (non-hydrogen) atoms. The van der Waals surface area contributed by atoms with E-state index in [9.17, 15) is 14.4 Å². The molecule has 0 unspecified atom stereocenters. The fourth-order valence-electron chi connectivity index (χ4n) is 4.64. The molecule has 1 aliphatic heterocycles. The summed E-state index contributed by atoms with van der Waals surface area (Å²) in [5.41, 5.74) is 2.94. The molecule has 13 heteroatoms. The van der Waals surface area contributed by atoms with Crippen LogP contribution in [0.15, 0.2) is 64.4 Å². The second-order valence-electron chi connectivity index (χ2n) is 10.4. The van der Waals surface area contributed by atoms with Gasteiger partial charge >= 0.3 is 11.9 Å². The number of amides is 1. The molecule has 0 saturated heterocycles. The van der Waals surface area contributed by atoms with E-state index in [-0.39, 0.29) is 23.6 Å². The zero-order valence-electron chi connectivity index (χ0n) is 27.2. The number of esters is 2. The normalized spacial score (nSPS) is 11.7. The number of anilines is 3. The van der Waals surface area contributed by atoms with Gasteiger partial charge in [-0.15, -0.1) is 0 Å². The minimum atomic E-state index is -0.664. The van der Waals surface area contributed by atoms with Crippen LogP contribution in [0.25, 0.3) is 0 Å². The molecule has 1 amide bonds. The third kappa shape index (κ3) is 9.61. The van der Waals surface area contributed by atoms with E-state index < -0.39 is 11.9 Å². The molecule has 0 fully saturated rings. The van der Waals surface area contributed by atoms with Crippen LogP contribution in [0.2, 0.25) is 0 Å². The molecule has 4 rings (SSSR count). The smallest absolute Gasteiger partial charge is 0.338 e. The molecule has 1 heterocycles. The number of ether oxygens (including phenoxy) is 7. The summed E-state index contributed by atoms with van der Waals surface area (Å²) < 4.78 is 37.7. The van der Waals surface area contributed by atoms with Crippen molar-refractivity contribution in [2.75, 3.05) is 91.0 Å². The van der Waals surface area contributed by atoms with Crippen molar-refractivity contribution in [1.82, 2.24) is 0 Å². The van der Waals surface area contributed by atoms with E-state index in [1.54, 1.807) is 29.7 Å². The van der Waals surface area contributed by atoms with Crippen LogP contribution in [-0.4, -0.2) is 99.0 Å². The Morgan fingerprint density at radius 1 is 0.638 bits per heavy atom. The predicted octanol–water partition coefficient (Wildman–Crippen LogP) is 4.98. The fourth-order valence-corrected chi connectivity index (χ4v) is 5.76. The van der Waals surface area contributed by atoms with Crippen molar-refractivity contribution >= 4 is 46.7 Å². The molecule has 0 N–H and O–H groups in total. The van der Waals surface area contributed by atoms with Crippen molar-refractivity contribution in [3.63, 3.8) is 0 Å². The Balaban J connectivity index is 1.09. The number of benzene rings is 3. The number of nitrogens with zero attached hydrogens (tertiary/aromatic N) is 2. The number of methoxy groups -OCH3 is 2. The first-order valence-corrected chi connectivity index (χ1v) is 15.8. The van der Waals surface area contributed by atoms with Gasteiger partial charge in [-0.2, -0.15) is 0 Å². The van der Waals surface area contributed by atoms with Crippen LogP contribution in [0.1, 0.15) is 27.6 Å². The van der Waals surface area contributed by atoms with Crippen molar-refractivity contribution in [3.05, 3.63) is 65.7 Å². The second kappa shape index (κ2) is 17.6. The molecule has 12 nitrogen and oxygen atoms in total. The van der Waals surface area contributed by atoms with Gasteiger partial charge in [0.15, 0.2) is 0 Å². The highest BCUT2D eigenvalue weighted by Crippen LogP contribution is 2.50. The highest BCUT2D eigenvalue weighted by atomic mass is 32.2. The molecule has 0 radical (unpaired) electrons. The molecule has 0 spiro atoms. The average molecular weight is 669 g/mol. The van der Waals surface area contributed by atoms with Crippen molar-refractivity contribution in [3.8, 4) is 11.5 Å². The van der Waals surface area contributed by atoms with Gasteiger partial charge in [0.2, 0.25) is 5.91 Å². The Morgan fingerprint density at radius 2 is 1.13 bits per heavy atom. The zero-order valence-corrected chi connectivity index (χ0v) is 28.1. The van der Waals surface area contributed by atoms with Gasteiger partial charge in [0, 0.05) is 36.5 Å². The first-order valence-electron chi connectivity index (χ1n) is 15.0. The molecule has 252 valence electrons. The van der Waals surface area contributed by atoms with Crippen LogP contribution in [-0.2, 0) is 28.5 Å². The summed E-state index contributed by atoms with van der Waals surface area (Å²) in [5, 5.41) is 0. The third-order valence-electron chi connectivity index (χ3n) is 6.95. The van der Waals surface area contributed by atoms with Crippen LogP contribution in [0.3, 0.4) is 0 Å². The molecular weight excluding hydrogens is 628 g/mol. The summed E-state index contributed by atoms with van der Waals surface area (Å²) in [6.07, 6.45) is 0. The summed E-state index contributed by atoms with van der Waals surface area (Å²) in [4.78, 5) is 42.2. The van der Waals surface area contributed by atoms with E-state index in [0.717, 1.165) is 26.9 Å². The van der Waals surface area contributed by atoms with Crippen LogP contribution < -0.4 is 19.3 Å². The second-order valence-corrected chi connectivity index (χ2v) is 11.4. The summed E-state index contributed by atoms with van der Waals surface area (Å²) >= 11 is 1.62. The molecule has 0 saturated carbocycles. The standard InChI is InChI=1S/C34H40N2O10S/c1-23(37)36-29-10-6-24(35(2)3)20-31(29)47-32-22-26(8-11-30(32)36)46-19-17-44-15-13-42-12-14-43-16-18-45-25-7-9-27(33(38)40-4)28(21-25)34(39)41-5/h6-11,20-22H,12-19H2,1-5H3. The molecule has 0 atom stereocenters. The topological polar surface area (TPSA) is 122 Å². The number of hydrogen-bond acceptors (Lipinski definition) is 12. The van der Waals surface area contributed by atoms with Crippen molar-refractivity contribution in [1.29, 1.82) is 0 Å². The van der Waals surface area contributed by atoms with E-state index in [0.29, 0.717) is 57.7 Å². The molecule has 0 aliphatic carbocycles. The molecule has 3 aromatic rings. The summed E-state index contributed by atoms with van der Waals surface area (Å²) in [7, 11) is 6.45. The maximum Gasteiger partial charge on any atom is 0.338 e. The molecule has 3 aromatic carbocycles. The number of fused-ring (bicyclic) bond motifs is 2. The minimum absolute atomic E-state index is 0.0483. The first kappa shape index (κ1) is 35.6. The Bertz CT molecular complexity index is 1550. The Morgan fingerprint density at radius 3 is 1.68 bits per heavy atom. The van der Waals surface area contributed by atoms with Crippen molar-refractivity contribution in [2.24, 2.45) is 0 Å². The quantitative estimate of drug-likeness (QED) is 0.142. The van der Waals surface area contributed by atoms with Crippen LogP contribution in [0.5, 0.6) is 11.5 Å². The van der Waals surface area contributed by atoms with E-state index >= 15 is 0 Å². The van der Waals surface area contributed by atoms with Gasteiger partial charge < -0.3 is 38.1 Å². The van der Waals surface area contributed by atoms with Crippen molar-refractivity contribution < 1.29 is 47.5 Å². The van der Waals surface area contributed by atoms with Gasteiger partial charge in [0.1, 0.15) is 24.7 Å². The monoisotopic (exact) mass is 668 g/mol. The number of carbonyl (C=O) groups is 3. The number of rotatable bonds is 17. The van der Waals surface area contributed by atoms with Gasteiger partial charge in [-0.1, -0.05) is 11.8 Å². The number of hydrogen-bond donors (Lipinski definition) is 0. The van der Waals surface area contributed by atoms with E-state index in [1.165, 1.54) is 26.4 Å². The van der Waals surface area contributed by atoms with Crippen molar-refractivity contribution in [2.45, 2.75) is 16.7 Å². The minimum Gasteiger partial charge on any atom is -0.491 e. The molecular formula is C34H40N2O10S. The predicted molar refractivity (Wildman–Crippen MR) is 177 cm³/mol. The lowest BCUT2D eigenvalue weighted by molar-refractivity contribution is -0.115. The Kier molecular flexibility index (Phi) is 13.3. The fraction of sp³-hybridized carbons (Fsp3) is 0.382. The highest BCUT2D eigenvalue weighted by molar-refractivity contribution is 7.99. The lowest BCUT2D eigenvalue weighted by Gasteiger charge is -2.31. The highest BCUT2D eigenvalue weighted by Gasteiger charge is 2.27. The van der Waals surface area contributed by atoms with Crippen LogP contribution in [0.4, 0.5) is 17.1 Å². The van der Waals surface area contributed by atoms with Crippen LogP contribution >= 0.6 is 11.8 Å². The number of carbonyl (C=O) groups excluding carboxylic acids is 3. The van der Waals surface area contributed by atoms with Gasteiger partial charge in [0.05, 0.1) is 76.4 Å². The third-order valence-corrected chi connectivity index (χ3v) is 8.04. The lowest BCUT2D eigenvalue weighted by atomic mass is 10.1. The maximum absolute atomic E-state index is 12.6. The van der Waals surface area contributed by atoms with Gasteiger partial charge in [-0.25, -0.2) is 9.59 Å². The van der Waals surface area contributed by atoms with Gasteiger partial charge in [0.25, 0.3) is 0 Å². The summed E-state index contributed by atoms with van der Waals surface area (Å²) in [5.74, 6) is -0.251. The largest absolute Gasteiger partial charge is 0.491 e. The lowest BCUT2D eigenvalue weighted by Crippen LogP contribution is -2.26. The zero-order chi connectivity index (χ0) is 33.8. The Labute approximate surface area is 278 Å². The molecule has 1 aliphatic rings. The van der Waals surface area contributed by atoms with Crippen LogP contribution in [0, 0.1) is 0 Å². The molecule has 0 bridgehead atoms. The molecule has 0 aromatic heterocycles. The van der Waals surface area contributed by atoms with E-state index in [4.69, 9.17) is 33.2 Å². The van der Waals surface area contributed by atoms with E-state index in [2.05, 4.69) is 6.07 Å². The first-order chi connectivity index (χ1) is 22.7.